The van der Waals surface area contributed by atoms with Gasteiger partial charge in [-0.3, -0.25) is 0 Å². The Morgan fingerprint density at radius 3 is 2.46 bits per heavy atom. The predicted octanol–water partition coefficient (Wildman–Crippen LogP) is 1.79. The minimum Gasteiger partial charge on any atom is -0.355 e. The SMILES string of the molecule is Cc1cc2ncnc(N3CC4(CCC(NS(N)(=O)=O)CC4)C3)c2cc1C. The van der Waals surface area contributed by atoms with Gasteiger partial charge in [0.2, 0.25) is 0 Å². The fourth-order valence-electron chi connectivity index (χ4n) is 4.36. The highest BCUT2D eigenvalue weighted by Crippen LogP contribution is 2.46. The molecule has 0 bridgehead atoms. The number of nitrogens with zero attached hydrogens (tertiary/aromatic N) is 3. The van der Waals surface area contributed by atoms with Crippen molar-refractivity contribution in [2.45, 2.75) is 45.6 Å². The van der Waals surface area contributed by atoms with Crippen LogP contribution < -0.4 is 14.8 Å². The first-order valence-electron chi connectivity index (χ1n) is 9.02. The van der Waals surface area contributed by atoms with Gasteiger partial charge in [0.25, 0.3) is 10.2 Å². The summed E-state index contributed by atoms with van der Waals surface area (Å²) >= 11 is 0. The molecule has 1 spiro atoms. The number of rotatable bonds is 3. The maximum Gasteiger partial charge on any atom is 0.274 e. The third-order valence-corrected chi connectivity index (χ3v) is 6.62. The maximum atomic E-state index is 11.2. The average Bonchev–Trinajstić information content (AvgIpc) is 2.53. The standard InChI is InChI=1S/C18H25N5O2S/c1-12-7-15-16(8-13(12)2)20-11-21-17(15)23-9-18(10-23)5-3-14(4-6-18)22-26(19,24)25/h7-8,11,14,22H,3-6,9-10H2,1-2H3,(H2,19,24,25). The molecule has 3 N–H and O–H groups in total. The van der Waals surface area contributed by atoms with Crippen LogP contribution in [0.5, 0.6) is 0 Å². The third kappa shape index (κ3) is 3.28. The lowest BCUT2D eigenvalue weighted by atomic mass is 9.67. The predicted molar refractivity (Wildman–Crippen MR) is 102 cm³/mol. The molecule has 26 heavy (non-hydrogen) atoms. The summed E-state index contributed by atoms with van der Waals surface area (Å²) in [5, 5.41) is 6.20. The molecule has 0 amide bonds. The molecule has 8 heteroatoms. The van der Waals surface area contributed by atoms with Gasteiger partial charge in [0, 0.05) is 29.9 Å². The zero-order valence-electron chi connectivity index (χ0n) is 15.2. The fraction of sp³-hybridized carbons (Fsp3) is 0.556. The Morgan fingerprint density at radius 1 is 1.15 bits per heavy atom. The Kier molecular flexibility index (Phi) is 4.17. The zero-order chi connectivity index (χ0) is 18.5. The van der Waals surface area contributed by atoms with Gasteiger partial charge in [0.05, 0.1) is 5.52 Å². The van der Waals surface area contributed by atoms with Gasteiger partial charge in [0.1, 0.15) is 12.1 Å². The molecule has 2 fully saturated rings. The van der Waals surface area contributed by atoms with Crippen LogP contribution in [0, 0.1) is 19.3 Å². The Hall–Kier alpha value is -1.77. The molecule has 1 aromatic heterocycles. The summed E-state index contributed by atoms with van der Waals surface area (Å²) in [4.78, 5) is 11.3. The van der Waals surface area contributed by atoms with Gasteiger partial charge in [-0.2, -0.15) is 13.1 Å². The number of fused-ring (bicyclic) bond motifs is 1. The van der Waals surface area contributed by atoms with Crippen LogP contribution in [0.2, 0.25) is 0 Å². The van der Waals surface area contributed by atoms with Crippen LogP contribution in [0.1, 0.15) is 36.8 Å². The molecule has 2 aliphatic rings. The van der Waals surface area contributed by atoms with Crippen molar-refractivity contribution in [1.82, 2.24) is 14.7 Å². The summed E-state index contributed by atoms with van der Waals surface area (Å²) in [7, 11) is -3.61. The molecule has 0 radical (unpaired) electrons. The van der Waals surface area contributed by atoms with Gasteiger partial charge in [-0.15, -0.1) is 0 Å². The molecule has 1 aromatic carbocycles. The van der Waals surface area contributed by atoms with Gasteiger partial charge in [-0.1, -0.05) is 0 Å². The van der Waals surface area contributed by atoms with Crippen LogP contribution >= 0.6 is 0 Å². The monoisotopic (exact) mass is 375 g/mol. The van der Waals surface area contributed by atoms with E-state index >= 15 is 0 Å². The van der Waals surface area contributed by atoms with E-state index in [4.69, 9.17) is 5.14 Å². The molecule has 1 saturated carbocycles. The van der Waals surface area contributed by atoms with Crippen LogP contribution in [0.4, 0.5) is 5.82 Å². The second-order valence-electron chi connectivity index (χ2n) is 7.94. The Balaban J connectivity index is 1.47. The molecule has 2 heterocycles. The van der Waals surface area contributed by atoms with Gasteiger partial charge < -0.3 is 4.90 Å². The molecular weight excluding hydrogens is 350 g/mol. The summed E-state index contributed by atoms with van der Waals surface area (Å²) in [6.45, 7) is 6.15. The third-order valence-electron chi connectivity index (χ3n) is 5.96. The Bertz CT molecular complexity index is 943. The van der Waals surface area contributed by atoms with Crippen LogP contribution in [-0.4, -0.2) is 37.5 Å². The molecule has 1 saturated heterocycles. The van der Waals surface area contributed by atoms with E-state index < -0.39 is 10.2 Å². The second kappa shape index (κ2) is 6.14. The van der Waals surface area contributed by atoms with Crippen molar-refractivity contribution in [1.29, 1.82) is 0 Å². The smallest absolute Gasteiger partial charge is 0.274 e. The molecule has 140 valence electrons. The summed E-state index contributed by atoms with van der Waals surface area (Å²) < 4.78 is 24.9. The van der Waals surface area contributed by atoms with Crippen LogP contribution in [0.3, 0.4) is 0 Å². The first-order valence-corrected chi connectivity index (χ1v) is 10.6. The minimum absolute atomic E-state index is 0.0322. The molecule has 0 unspecified atom stereocenters. The zero-order valence-corrected chi connectivity index (χ0v) is 16.0. The number of aromatic nitrogens is 2. The van der Waals surface area contributed by atoms with Crippen LogP contribution in [0.25, 0.3) is 10.9 Å². The summed E-state index contributed by atoms with van der Waals surface area (Å²) in [6, 6.07) is 4.27. The van der Waals surface area contributed by atoms with Gasteiger partial charge in [-0.05, 0) is 62.8 Å². The lowest BCUT2D eigenvalue weighted by Gasteiger charge is -2.54. The van der Waals surface area contributed by atoms with Crippen molar-refractivity contribution in [3.8, 4) is 0 Å². The molecule has 1 aliphatic heterocycles. The van der Waals surface area contributed by atoms with Gasteiger partial charge >= 0.3 is 0 Å². The number of aryl methyl sites for hydroxylation is 2. The highest BCUT2D eigenvalue weighted by molar-refractivity contribution is 7.87. The minimum atomic E-state index is -3.61. The number of hydrogen-bond acceptors (Lipinski definition) is 5. The van der Waals surface area contributed by atoms with E-state index in [9.17, 15) is 8.42 Å². The van der Waals surface area contributed by atoms with E-state index in [0.29, 0.717) is 0 Å². The molecule has 1 aliphatic carbocycles. The average molecular weight is 375 g/mol. The van der Waals surface area contributed by atoms with Crippen LogP contribution in [0.15, 0.2) is 18.5 Å². The number of hydrogen-bond donors (Lipinski definition) is 2. The van der Waals surface area contributed by atoms with Crippen molar-refractivity contribution in [2.75, 3.05) is 18.0 Å². The van der Waals surface area contributed by atoms with E-state index in [2.05, 4.69) is 45.6 Å². The van der Waals surface area contributed by atoms with E-state index in [1.54, 1.807) is 6.33 Å². The largest absolute Gasteiger partial charge is 0.355 e. The highest BCUT2D eigenvalue weighted by atomic mass is 32.2. The number of nitrogens with two attached hydrogens (primary N) is 1. The molecular formula is C18H25N5O2S. The van der Waals surface area contributed by atoms with Crippen molar-refractivity contribution in [3.05, 3.63) is 29.6 Å². The lowest BCUT2D eigenvalue weighted by Crippen LogP contribution is -2.59. The van der Waals surface area contributed by atoms with E-state index in [1.807, 2.05) is 0 Å². The number of nitrogens with one attached hydrogen (secondary N) is 1. The second-order valence-corrected chi connectivity index (χ2v) is 9.27. The normalized spacial score (nSPS) is 20.5. The van der Waals surface area contributed by atoms with Crippen LogP contribution in [-0.2, 0) is 10.2 Å². The topological polar surface area (TPSA) is 101 Å². The Labute approximate surface area is 154 Å². The van der Waals surface area contributed by atoms with Crippen molar-refractivity contribution in [3.63, 3.8) is 0 Å². The summed E-state index contributed by atoms with van der Waals surface area (Å²) in [6.07, 6.45) is 5.35. The first kappa shape index (κ1) is 17.6. The molecule has 0 atom stereocenters. The molecule has 2 aromatic rings. The van der Waals surface area contributed by atoms with Gasteiger partial charge in [0.15, 0.2) is 0 Å². The first-order chi connectivity index (χ1) is 12.2. The summed E-state index contributed by atoms with van der Waals surface area (Å²) in [5.41, 5.74) is 3.74. The number of benzene rings is 1. The van der Waals surface area contributed by atoms with Crippen molar-refractivity contribution in [2.24, 2.45) is 10.6 Å². The highest BCUT2D eigenvalue weighted by Gasteiger charge is 2.46. The van der Waals surface area contributed by atoms with Crippen molar-refractivity contribution >= 4 is 26.9 Å². The quantitative estimate of drug-likeness (QED) is 0.852. The Morgan fingerprint density at radius 2 is 1.81 bits per heavy atom. The lowest BCUT2D eigenvalue weighted by molar-refractivity contribution is 0.125. The van der Waals surface area contributed by atoms with E-state index in [-0.39, 0.29) is 11.5 Å². The van der Waals surface area contributed by atoms with Gasteiger partial charge in [-0.25, -0.2) is 15.1 Å². The molecule has 7 nitrogen and oxygen atoms in total. The number of anilines is 1. The molecule has 4 rings (SSSR count). The summed E-state index contributed by atoms with van der Waals surface area (Å²) in [5.74, 6) is 1.01. The fourth-order valence-corrected chi connectivity index (χ4v) is 5.06. The van der Waals surface area contributed by atoms with E-state index in [0.717, 1.165) is 55.5 Å². The maximum absolute atomic E-state index is 11.2. The van der Waals surface area contributed by atoms with Crippen molar-refractivity contribution < 1.29 is 8.42 Å². The van der Waals surface area contributed by atoms with E-state index in [1.165, 1.54) is 11.1 Å².